The van der Waals surface area contributed by atoms with Crippen molar-refractivity contribution in [2.75, 3.05) is 5.32 Å². The first-order valence-electron chi connectivity index (χ1n) is 7.26. The average molecular weight is 383 g/mol. The third-order valence-corrected chi connectivity index (χ3v) is 4.75. The van der Waals surface area contributed by atoms with Gasteiger partial charge in [-0.15, -0.1) is 0 Å². The van der Waals surface area contributed by atoms with Gasteiger partial charge in [-0.3, -0.25) is 4.79 Å². The van der Waals surface area contributed by atoms with Gasteiger partial charge in [0.2, 0.25) is 9.84 Å². The molecule has 0 heterocycles. The zero-order valence-corrected chi connectivity index (χ0v) is 14.1. The summed E-state index contributed by atoms with van der Waals surface area (Å²) in [6.45, 7) is 0.173. The van der Waals surface area contributed by atoms with E-state index in [1.165, 1.54) is 0 Å². The van der Waals surface area contributed by atoms with Crippen LogP contribution in [0.2, 0.25) is 0 Å². The highest BCUT2D eigenvalue weighted by Gasteiger charge is 2.26. The van der Waals surface area contributed by atoms with Crippen LogP contribution in [0.1, 0.15) is 15.9 Å². The van der Waals surface area contributed by atoms with Crippen molar-refractivity contribution >= 4 is 27.5 Å². The molecule has 0 fully saturated rings. The van der Waals surface area contributed by atoms with Crippen LogP contribution in [0.3, 0.4) is 0 Å². The number of benzene rings is 2. The summed E-state index contributed by atoms with van der Waals surface area (Å²) in [6, 6.07) is 10.1. The monoisotopic (exact) mass is 383 g/mol. The molecule has 0 radical (unpaired) electrons. The highest BCUT2D eigenvalue weighted by molar-refractivity contribution is 7.91. The number of nitrogens with two attached hydrogens (primary N) is 1. The summed E-state index contributed by atoms with van der Waals surface area (Å²) in [6.07, 6.45) is 0. The van der Waals surface area contributed by atoms with Crippen LogP contribution in [-0.4, -0.2) is 26.1 Å². The van der Waals surface area contributed by atoms with E-state index in [9.17, 15) is 26.8 Å². The van der Waals surface area contributed by atoms with Crippen LogP contribution in [0.5, 0.6) is 0 Å². The van der Waals surface area contributed by atoms with Crippen LogP contribution < -0.4 is 16.4 Å². The number of hydrogen-bond donors (Lipinski definition) is 3. The molecule has 26 heavy (non-hydrogen) atoms. The number of hydrogen-bond acceptors (Lipinski definition) is 4. The first-order valence-corrected chi connectivity index (χ1v) is 8.80. The summed E-state index contributed by atoms with van der Waals surface area (Å²) in [4.78, 5) is 22.2. The van der Waals surface area contributed by atoms with Gasteiger partial charge in [0.05, 0.1) is 4.90 Å². The molecule has 2 rings (SSSR count). The smallest absolute Gasteiger partial charge is 0.341 e. The number of carbonyl (C=O) groups is 2. The molecule has 2 aromatic carbocycles. The molecular weight excluding hydrogens is 368 g/mol. The second kappa shape index (κ2) is 7.91. The van der Waals surface area contributed by atoms with Gasteiger partial charge in [-0.25, -0.2) is 13.2 Å². The van der Waals surface area contributed by atoms with Gasteiger partial charge in [0, 0.05) is 17.8 Å². The molecule has 0 saturated heterocycles. The zero-order valence-electron chi connectivity index (χ0n) is 13.3. The second-order valence-electron chi connectivity index (χ2n) is 5.20. The molecule has 10 heteroatoms. The Morgan fingerprint density at radius 1 is 1.00 bits per heavy atom. The lowest BCUT2D eigenvalue weighted by Gasteiger charge is -2.08. The van der Waals surface area contributed by atoms with E-state index in [2.05, 4.69) is 10.6 Å². The SMILES string of the molecule is NC(=O)Nc1ccc(CNC(=O)c2ccc(S(=O)(=O)C(F)F)cc2)cc1. The minimum atomic E-state index is -4.69. The number of amides is 3. The molecule has 0 atom stereocenters. The Morgan fingerprint density at radius 3 is 2.08 bits per heavy atom. The van der Waals surface area contributed by atoms with Gasteiger partial charge < -0.3 is 16.4 Å². The molecule has 2 aromatic rings. The van der Waals surface area contributed by atoms with Crippen molar-refractivity contribution in [3.05, 3.63) is 59.7 Å². The van der Waals surface area contributed by atoms with Crippen molar-refractivity contribution in [1.82, 2.24) is 5.32 Å². The Kier molecular flexibility index (Phi) is 5.88. The Morgan fingerprint density at radius 2 is 1.58 bits per heavy atom. The molecule has 0 spiro atoms. The standard InChI is InChI=1S/C16H15F2N3O4S/c17-15(18)26(24,25)13-7-3-11(4-8-13)14(22)20-9-10-1-5-12(6-2-10)21-16(19)23/h1-8,15H,9H2,(H,20,22)(H3,19,21,23). The predicted octanol–water partition coefficient (Wildman–Crippen LogP) is 2.10. The molecule has 7 nitrogen and oxygen atoms in total. The molecule has 0 aliphatic rings. The highest BCUT2D eigenvalue weighted by Crippen LogP contribution is 2.18. The number of carbonyl (C=O) groups excluding carboxylic acids is 2. The Bertz CT molecular complexity index is 898. The molecule has 0 saturated carbocycles. The lowest BCUT2D eigenvalue weighted by molar-refractivity contribution is 0.0951. The van der Waals surface area contributed by atoms with Gasteiger partial charge in [-0.1, -0.05) is 12.1 Å². The molecule has 3 amide bonds. The fraction of sp³-hybridized carbons (Fsp3) is 0.125. The van der Waals surface area contributed by atoms with Crippen LogP contribution in [0.15, 0.2) is 53.4 Å². The first-order chi connectivity index (χ1) is 12.2. The average Bonchev–Trinajstić information content (AvgIpc) is 2.60. The topological polar surface area (TPSA) is 118 Å². The molecule has 138 valence electrons. The number of nitrogens with one attached hydrogen (secondary N) is 2. The molecule has 0 unspecified atom stereocenters. The van der Waals surface area contributed by atoms with Crippen molar-refractivity contribution < 1.29 is 26.8 Å². The van der Waals surface area contributed by atoms with E-state index in [0.29, 0.717) is 5.69 Å². The minimum Gasteiger partial charge on any atom is -0.351 e. The van der Waals surface area contributed by atoms with Crippen molar-refractivity contribution in [3.8, 4) is 0 Å². The number of sulfone groups is 1. The van der Waals surface area contributed by atoms with Gasteiger partial charge in [-0.2, -0.15) is 8.78 Å². The van der Waals surface area contributed by atoms with E-state index in [0.717, 1.165) is 29.8 Å². The normalized spacial score (nSPS) is 11.2. The fourth-order valence-electron chi connectivity index (χ4n) is 2.03. The maximum Gasteiger partial charge on any atom is 0.341 e. The van der Waals surface area contributed by atoms with Gasteiger partial charge >= 0.3 is 11.8 Å². The van der Waals surface area contributed by atoms with Crippen molar-refractivity contribution in [2.24, 2.45) is 5.73 Å². The molecule has 0 aliphatic heterocycles. The number of rotatable bonds is 6. The summed E-state index contributed by atoms with van der Waals surface area (Å²) < 4.78 is 47.6. The molecule has 0 bridgehead atoms. The summed E-state index contributed by atoms with van der Waals surface area (Å²) in [5.74, 6) is -4.01. The quantitative estimate of drug-likeness (QED) is 0.708. The Labute approximate surface area is 148 Å². The van der Waals surface area contributed by atoms with Gasteiger partial charge in [0.15, 0.2) is 0 Å². The Hall–Kier alpha value is -3.01. The van der Waals surface area contributed by atoms with Crippen LogP contribution in [0.25, 0.3) is 0 Å². The number of halogens is 2. The molecule has 0 aliphatic carbocycles. The van der Waals surface area contributed by atoms with Crippen molar-refractivity contribution in [1.29, 1.82) is 0 Å². The summed E-state index contributed by atoms with van der Waals surface area (Å²) in [7, 11) is -4.69. The third kappa shape index (κ3) is 4.76. The maximum absolute atomic E-state index is 12.5. The molecular formula is C16H15F2N3O4S. The largest absolute Gasteiger partial charge is 0.351 e. The summed E-state index contributed by atoms with van der Waals surface area (Å²) >= 11 is 0. The summed E-state index contributed by atoms with van der Waals surface area (Å²) in [5, 5.41) is 5.00. The van der Waals surface area contributed by atoms with Crippen molar-refractivity contribution in [2.45, 2.75) is 17.2 Å². The lowest BCUT2D eigenvalue weighted by atomic mass is 10.2. The van der Waals surface area contributed by atoms with Crippen LogP contribution in [0, 0.1) is 0 Å². The van der Waals surface area contributed by atoms with Crippen LogP contribution >= 0.6 is 0 Å². The van der Waals surface area contributed by atoms with E-state index in [1.807, 2.05) is 0 Å². The molecule has 0 aromatic heterocycles. The lowest BCUT2D eigenvalue weighted by Crippen LogP contribution is -2.23. The van der Waals surface area contributed by atoms with E-state index in [1.54, 1.807) is 24.3 Å². The van der Waals surface area contributed by atoms with Gasteiger partial charge in [0.25, 0.3) is 5.91 Å². The zero-order chi connectivity index (χ0) is 19.3. The van der Waals surface area contributed by atoms with E-state index in [4.69, 9.17) is 5.73 Å². The summed E-state index contributed by atoms with van der Waals surface area (Å²) in [5.41, 5.74) is 6.37. The van der Waals surface area contributed by atoms with E-state index >= 15 is 0 Å². The second-order valence-corrected chi connectivity index (χ2v) is 7.12. The van der Waals surface area contributed by atoms with Gasteiger partial charge in [0.1, 0.15) is 0 Å². The third-order valence-electron chi connectivity index (χ3n) is 3.35. The van der Waals surface area contributed by atoms with Gasteiger partial charge in [-0.05, 0) is 42.0 Å². The van der Waals surface area contributed by atoms with Crippen molar-refractivity contribution in [3.63, 3.8) is 0 Å². The number of anilines is 1. The first kappa shape index (κ1) is 19.3. The van der Waals surface area contributed by atoms with E-state index in [-0.39, 0.29) is 12.1 Å². The maximum atomic E-state index is 12.5. The predicted molar refractivity (Wildman–Crippen MR) is 90.5 cm³/mol. The number of primary amides is 1. The highest BCUT2D eigenvalue weighted by atomic mass is 32.2. The number of urea groups is 1. The fourth-order valence-corrected chi connectivity index (χ4v) is 2.75. The van der Waals surface area contributed by atoms with Crippen LogP contribution in [0.4, 0.5) is 19.3 Å². The minimum absolute atomic E-state index is 0.130. The Balaban J connectivity index is 1.99. The number of alkyl halides is 2. The van der Waals surface area contributed by atoms with Crippen LogP contribution in [-0.2, 0) is 16.4 Å². The molecule has 4 N–H and O–H groups in total. The van der Waals surface area contributed by atoms with E-state index < -0.39 is 32.4 Å².